The summed E-state index contributed by atoms with van der Waals surface area (Å²) in [6.45, 7) is 1.89. The lowest BCUT2D eigenvalue weighted by Crippen LogP contribution is -2.53. The maximum Gasteiger partial charge on any atom is 0.254 e. The third-order valence-electron chi connectivity index (χ3n) is 8.75. The predicted octanol–water partition coefficient (Wildman–Crippen LogP) is 5.19. The molecule has 202 valence electrons. The second-order valence-electron chi connectivity index (χ2n) is 11.3. The van der Waals surface area contributed by atoms with Gasteiger partial charge in [-0.1, -0.05) is 61.9 Å². The molecular formula is C30H37ClN4O3. The fourth-order valence-electron chi connectivity index (χ4n) is 6.31. The molecule has 2 saturated carbocycles. The van der Waals surface area contributed by atoms with Crippen LogP contribution in [0.3, 0.4) is 0 Å². The number of amides is 2. The lowest BCUT2D eigenvalue weighted by atomic mass is 9.94. The van der Waals surface area contributed by atoms with Crippen molar-refractivity contribution in [2.45, 2.75) is 75.6 Å². The summed E-state index contributed by atoms with van der Waals surface area (Å²) >= 11 is 6.62. The number of piperazine rings is 1. The highest BCUT2D eigenvalue weighted by atomic mass is 35.5. The number of halogens is 1. The number of aliphatic hydroxyl groups is 1. The summed E-state index contributed by atoms with van der Waals surface area (Å²) in [4.78, 5) is 31.7. The van der Waals surface area contributed by atoms with E-state index in [-0.39, 0.29) is 18.0 Å². The van der Waals surface area contributed by atoms with Crippen molar-refractivity contribution in [1.29, 1.82) is 0 Å². The highest BCUT2D eigenvalue weighted by Gasteiger charge is 2.50. The van der Waals surface area contributed by atoms with E-state index in [1.165, 1.54) is 44.9 Å². The number of nitrogens with zero attached hydrogens (tertiary/aromatic N) is 3. The van der Waals surface area contributed by atoms with Gasteiger partial charge in [0, 0.05) is 37.8 Å². The van der Waals surface area contributed by atoms with E-state index in [4.69, 9.17) is 11.6 Å². The summed E-state index contributed by atoms with van der Waals surface area (Å²) in [7, 11) is 0. The van der Waals surface area contributed by atoms with Crippen LogP contribution in [0.1, 0.15) is 79.9 Å². The van der Waals surface area contributed by atoms with Gasteiger partial charge in [-0.05, 0) is 55.5 Å². The minimum Gasteiger partial charge on any atom is -0.380 e. The number of anilines is 2. The standard InChI is InChI=1S/C30H37ClN4O3/c31-24-9-6-10-25-26(24)32-27(35(25)23-7-4-2-1-3-5-8-23)21-11-13-22(14-12-21)28(36)33-17-19-34(20-18-33)29(37)30(38)15-16-30/h6,9-14,23,27,32,38H,1-5,7-8,15-20H2. The molecule has 4 aliphatic rings. The average Bonchev–Trinajstić information content (AvgIpc) is 3.56. The highest BCUT2D eigenvalue weighted by Crippen LogP contribution is 2.47. The van der Waals surface area contributed by atoms with Crippen molar-refractivity contribution in [3.05, 3.63) is 58.6 Å². The molecule has 2 heterocycles. The molecule has 0 radical (unpaired) electrons. The number of carbonyl (C=O) groups is 2. The molecule has 8 heteroatoms. The first-order valence-electron chi connectivity index (χ1n) is 14.2. The normalized spacial score (nSPS) is 23.3. The summed E-state index contributed by atoms with van der Waals surface area (Å²) in [5.74, 6) is -0.204. The number of hydrogen-bond donors (Lipinski definition) is 2. The van der Waals surface area contributed by atoms with Crippen LogP contribution in [0.15, 0.2) is 42.5 Å². The van der Waals surface area contributed by atoms with Gasteiger partial charge in [-0.2, -0.15) is 0 Å². The number of benzene rings is 2. The summed E-state index contributed by atoms with van der Waals surface area (Å²) in [5.41, 5.74) is 2.77. The Labute approximate surface area is 229 Å². The SMILES string of the molecule is O=C(c1ccc(C2Nc3c(Cl)cccc3N2C2CCCCCCC2)cc1)N1CCN(C(=O)C2(O)CC2)CC1. The average molecular weight is 537 g/mol. The Morgan fingerprint density at radius 2 is 1.50 bits per heavy atom. The number of nitrogens with one attached hydrogen (secondary N) is 1. The molecule has 2 amide bonds. The van der Waals surface area contributed by atoms with Crippen molar-refractivity contribution in [2.75, 3.05) is 36.4 Å². The quantitative estimate of drug-likeness (QED) is 0.562. The topological polar surface area (TPSA) is 76.1 Å². The van der Waals surface area contributed by atoms with E-state index >= 15 is 0 Å². The summed E-state index contributed by atoms with van der Waals surface area (Å²) in [6, 6.07) is 14.5. The Balaban J connectivity index is 1.17. The van der Waals surface area contributed by atoms with Gasteiger partial charge < -0.3 is 25.1 Å². The molecular weight excluding hydrogens is 500 g/mol. The number of fused-ring (bicyclic) bond motifs is 1. The zero-order valence-corrected chi connectivity index (χ0v) is 22.6. The zero-order chi connectivity index (χ0) is 26.3. The molecule has 1 saturated heterocycles. The molecule has 3 fully saturated rings. The van der Waals surface area contributed by atoms with Crippen LogP contribution in [0.25, 0.3) is 0 Å². The lowest BCUT2D eigenvalue weighted by Gasteiger charge is -2.37. The van der Waals surface area contributed by atoms with E-state index < -0.39 is 5.60 Å². The molecule has 1 unspecified atom stereocenters. The van der Waals surface area contributed by atoms with Gasteiger partial charge in [0.25, 0.3) is 11.8 Å². The third kappa shape index (κ3) is 4.87. The molecule has 0 spiro atoms. The molecule has 0 bridgehead atoms. The van der Waals surface area contributed by atoms with Gasteiger partial charge in [0.05, 0.1) is 16.4 Å². The maximum atomic E-state index is 13.3. The van der Waals surface area contributed by atoms with Gasteiger partial charge >= 0.3 is 0 Å². The molecule has 2 aliphatic carbocycles. The summed E-state index contributed by atoms with van der Waals surface area (Å²) < 4.78 is 0. The third-order valence-corrected chi connectivity index (χ3v) is 9.06. The fraction of sp³-hybridized carbons (Fsp3) is 0.533. The van der Waals surface area contributed by atoms with Crippen LogP contribution in [-0.4, -0.2) is 64.5 Å². The molecule has 38 heavy (non-hydrogen) atoms. The molecule has 2 aromatic rings. The van der Waals surface area contributed by atoms with Crippen LogP contribution in [0.4, 0.5) is 11.4 Å². The zero-order valence-electron chi connectivity index (χ0n) is 21.9. The van der Waals surface area contributed by atoms with Crippen molar-refractivity contribution >= 4 is 34.8 Å². The first-order chi connectivity index (χ1) is 18.4. The van der Waals surface area contributed by atoms with Gasteiger partial charge in [0.1, 0.15) is 11.8 Å². The molecule has 2 aliphatic heterocycles. The van der Waals surface area contributed by atoms with E-state index in [2.05, 4.69) is 28.4 Å². The second kappa shape index (κ2) is 10.4. The Kier molecular flexibility index (Phi) is 6.99. The number of para-hydroxylation sites is 1. The number of carbonyl (C=O) groups excluding carboxylic acids is 2. The van der Waals surface area contributed by atoms with Crippen molar-refractivity contribution in [3.63, 3.8) is 0 Å². The predicted molar refractivity (Wildman–Crippen MR) is 150 cm³/mol. The smallest absolute Gasteiger partial charge is 0.254 e. The second-order valence-corrected chi connectivity index (χ2v) is 11.7. The molecule has 2 aromatic carbocycles. The van der Waals surface area contributed by atoms with E-state index in [0.29, 0.717) is 50.6 Å². The van der Waals surface area contributed by atoms with Gasteiger partial charge in [0.15, 0.2) is 0 Å². The summed E-state index contributed by atoms with van der Waals surface area (Å²) in [6.07, 6.45) is 9.83. The number of hydrogen-bond acceptors (Lipinski definition) is 5. The molecule has 0 aromatic heterocycles. The van der Waals surface area contributed by atoms with E-state index in [9.17, 15) is 14.7 Å². The number of rotatable bonds is 4. The Morgan fingerprint density at radius 3 is 2.16 bits per heavy atom. The monoisotopic (exact) mass is 536 g/mol. The molecule has 1 atom stereocenters. The highest BCUT2D eigenvalue weighted by molar-refractivity contribution is 6.34. The first-order valence-corrected chi connectivity index (χ1v) is 14.6. The van der Waals surface area contributed by atoms with Crippen molar-refractivity contribution in [2.24, 2.45) is 0 Å². The fourth-order valence-corrected chi connectivity index (χ4v) is 6.53. The molecule has 7 nitrogen and oxygen atoms in total. The van der Waals surface area contributed by atoms with Gasteiger partial charge in [-0.25, -0.2) is 0 Å². The maximum absolute atomic E-state index is 13.3. The van der Waals surface area contributed by atoms with Gasteiger partial charge in [-0.15, -0.1) is 0 Å². The Morgan fingerprint density at radius 1 is 0.868 bits per heavy atom. The first kappa shape index (κ1) is 25.5. The van der Waals surface area contributed by atoms with Crippen LogP contribution in [0.2, 0.25) is 5.02 Å². The van der Waals surface area contributed by atoms with Crippen molar-refractivity contribution in [1.82, 2.24) is 9.80 Å². The van der Waals surface area contributed by atoms with Crippen molar-refractivity contribution in [3.8, 4) is 0 Å². The van der Waals surface area contributed by atoms with E-state index in [0.717, 1.165) is 22.0 Å². The van der Waals surface area contributed by atoms with E-state index in [1.807, 2.05) is 24.3 Å². The van der Waals surface area contributed by atoms with E-state index in [1.54, 1.807) is 9.80 Å². The van der Waals surface area contributed by atoms with Crippen LogP contribution >= 0.6 is 11.6 Å². The van der Waals surface area contributed by atoms with Crippen molar-refractivity contribution < 1.29 is 14.7 Å². The Hall–Kier alpha value is -2.77. The van der Waals surface area contributed by atoms with Crippen LogP contribution in [-0.2, 0) is 4.79 Å². The minimum atomic E-state index is -1.15. The van der Waals surface area contributed by atoms with Gasteiger partial charge in [-0.3, -0.25) is 9.59 Å². The van der Waals surface area contributed by atoms with Crippen LogP contribution < -0.4 is 10.2 Å². The van der Waals surface area contributed by atoms with Crippen LogP contribution in [0.5, 0.6) is 0 Å². The lowest BCUT2D eigenvalue weighted by molar-refractivity contribution is -0.143. The largest absolute Gasteiger partial charge is 0.380 e. The van der Waals surface area contributed by atoms with Crippen LogP contribution in [0, 0.1) is 0 Å². The molecule has 2 N–H and O–H groups in total. The van der Waals surface area contributed by atoms with Gasteiger partial charge in [0.2, 0.25) is 0 Å². The summed E-state index contributed by atoms with van der Waals surface area (Å²) in [5, 5.41) is 14.6. The Bertz CT molecular complexity index is 1180. The molecule has 6 rings (SSSR count). The minimum absolute atomic E-state index is 0.0173.